The minimum atomic E-state index is -3.13. The second-order valence-corrected chi connectivity index (χ2v) is 10.9. The number of benzene rings is 1. The number of Topliss-reactive ketones (excluding diaryl/α,β-unsaturated/α-hetero) is 1. The van der Waals surface area contributed by atoms with Crippen molar-refractivity contribution in [3.63, 3.8) is 0 Å². The Hall–Kier alpha value is -0.660. The summed E-state index contributed by atoms with van der Waals surface area (Å²) in [6.45, 7) is 4.56. The molecule has 1 aromatic carbocycles. The van der Waals surface area contributed by atoms with Crippen molar-refractivity contribution in [1.82, 2.24) is 9.21 Å². The molecule has 8 heteroatoms. The fourth-order valence-corrected chi connectivity index (χ4v) is 6.51. The number of piperazine rings is 1. The van der Waals surface area contributed by atoms with E-state index in [-0.39, 0.29) is 29.5 Å². The fourth-order valence-electron chi connectivity index (χ4n) is 4.89. The maximum atomic E-state index is 12.7. The third-order valence-corrected chi connectivity index (χ3v) is 8.86. The van der Waals surface area contributed by atoms with Gasteiger partial charge in [0.15, 0.2) is 5.78 Å². The average Bonchev–Trinajstić information content (AvgIpc) is 2.73. The Bertz CT molecular complexity index is 785. The first-order valence-electron chi connectivity index (χ1n) is 10.9. The van der Waals surface area contributed by atoms with E-state index < -0.39 is 10.0 Å². The van der Waals surface area contributed by atoms with E-state index in [1.807, 2.05) is 6.92 Å². The maximum Gasteiger partial charge on any atom is 0.214 e. The van der Waals surface area contributed by atoms with Crippen LogP contribution in [0.25, 0.3) is 0 Å². The van der Waals surface area contributed by atoms with E-state index in [0.717, 1.165) is 37.9 Å². The predicted molar refractivity (Wildman–Crippen MR) is 125 cm³/mol. The highest BCUT2D eigenvalue weighted by Gasteiger charge is 2.40. The van der Waals surface area contributed by atoms with Crippen LogP contribution < -0.4 is 0 Å². The van der Waals surface area contributed by atoms with Crippen molar-refractivity contribution in [2.24, 2.45) is 0 Å². The third kappa shape index (κ3) is 6.19. The summed E-state index contributed by atoms with van der Waals surface area (Å²) in [5, 5.41) is 0.640. The van der Waals surface area contributed by atoms with Gasteiger partial charge in [0.05, 0.1) is 5.75 Å². The minimum absolute atomic E-state index is 0. The van der Waals surface area contributed by atoms with Crippen molar-refractivity contribution in [2.75, 3.05) is 31.9 Å². The van der Waals surface area contributed by atoms with Crippen LogP contribution in [0.3, 0.4) is 0 Å². The Balaban J connectivity index is 0.00000320. The van der Waals surface area contributed by atoms with Gasteiger partial charge in [-0.15, -0.1) is 12.4 Å². The number of carbonyl (C=O) groups excluding carboxylic acids is 1. The standard InChI is InChI=1S/C22H33ClN2O3S.ClH/c1-2-18-29(27,28)25-16-14-24(15-17-25)22(11-4-3-5-12-22)13-10-21(26)19-6-8-20(23)9-7-19;/h6-9H,2-5,10-18H2,1H3;1H. The predicted octanol–water partition coefficient (Wildman–Crippen LogP) is 4.79. The highest BCUT2D eigenvalue weighted by molar-refractivity contribution is 7.89. The van der Waals surface area contributed by atoms with Crippen molar-refractivity contribution in [3.05, 3.63) is 34.9 Å². The summed E-state index contributed by atoms with van der Waals surface area (Å²) in [6, 6.07) is 7.13. The van der Waals surface area contributed by atoms with Crippen LogP contribution >= 0.6 is 24.0 Å². The highest BCUT2D eigenvalue weighted by atomic mass is 35.5. The molecule has 0 atom stereocenters. The molecule has 0 radical (unpaired) electrons. The second-order valence-electron chi connectivity index (χ2n) is 8.42. The quantitative estimate of drug-likeness (QED) is 0.506. The van der Waals surface area contributed by atoms with Gasteiger partial charge < -0.3 is 0 Å². The van der Waals surface area contributed by atoms with Crippen LogP contribution in [0.5, 0.6) is 0 Å². The number of hydrogen-bond donors (Lipinski definition) is 0. The zero-order valence-electron chi connectivity index (χ0n) is 17.8. The lowest BCUT2D eigenvalue weighted by atomic mass is 9.76. The van der Waals surface area contributed by atoms with Gasteiger partial charge in [0.2, 0.25) is 10.0 Å². The van der Waals surface area contributed by atoms with Gasteiger partial charge >= 0.3 is 0 Å². The molecule has 170 valence electrons. The van der Waals surface area contributed by atoms with E-state index in [0.29, 0.717) is 31.0 Å². The number of halogens is 2. The number of ketones is 1. The van der Waals surface area contributed by atoms with Crippen LogP contribution in [0.1, 0.15) is 68.6 Å². The van der Waals surface area contributed by atoms with Gasteiger partial charge in [0.25, 0.3) is 0 Å². The van der Waals surface area contributed by atoms with Gasteiger partial charge in [-0.3, -0.25) is 9.69 Å². The van der Waals surface area contributed by atoms with Crippen molar-refractivity contribution >= 4 is 39.8 Å². The molecule has 1 aliphatic heterocycles. The van der Waals surface area contributed by atoms with Crippen molar-refractivity contribution in [3.8, 4) is 0 Å². The molecule has 2 fully saturated rings. The lowest BCUT2D eigenvalue weighted by Crippen LogP contribution is -2.58. The summed E-state index contributed by atoms with van der Waals surface area (Å²) in [4.78, 5) is 15.2. The lowest BCUT2D eigenvalue weighted by molar-refractivity contribution is 0.0165. The molecule has 1 heterocycles. The van der Waals surface area contributed by atoms with Crippen LogP contribution in [0, 0.1) is 0 Å². The molecule has 1 saturated carbocycles. The zero-order chi connectivity index (χ0) is 20.9. The monoisotopic (exact) mass is 476 g/mol. The number of sulfonamides is 1. The molecule has 5 nitrogen and oxygen atoms in total. The van der Waals surface area contributed by atoms with Crippen molar-refractivity contribution in [2.45, 2.75) is 63.8 Å². The van der Waals surface area contributed by atoms with E-state index in [1.165, 1.54) is 19.3 Å². The topological polar surface area (TPSA) is 57.7 Å². The molecular formula is C22H34Cl2N2O3S. The molecule has 1 saturated heterocycles. The summed E-state index contributed by atoms with van der Waals surface area (Å²) in [7, 11) is -3.13. The molecule has 2 aliphatic rings. The zero-order valence-corrected chi connectivity index (χ0v) is 20.2. The molecule has 3 rings (SSSR count). The lowest BCUT2D eigenvalue weighted by Gasteiger charge is -2.50. The molecule has 0 N–H and O–H groups in total. The van der Waals surface area contributed by atoms with E-state index in [2.05, 4.69) is 4.90 Å². The third-order valence-electron chi connectivity index (χ3n) is 6.53. The minimum Gasteiger partial charge on any atom is -0.295 e. The van der Waals surface area contributed by atoms with Crippen LogP contribution in [-0.2, 0) is 10.0 Å². The molecule has 0 unspecified atom stereocenters. The normalized spacial score (nSPS) is 20.5. The number of carbonyl (C=O) groups is 1. The number of rotatable bonds is 8. The number of nitrogens with zero attached hydrogens (tertiary/aromatic N) is 2. The van der Waals surface area contributed by atoms with Crippen molar-refractivity contribution in [1.29, 1.82) is 0 Å². The van der Waals surface area contributed by atoms with Gasteiger partial charge in [-0.25, -0.2) is 8.42 Å². The van der Waals surface area contributed by atoms with Crippen LogP contribution in [0.2, 0.25) is 5.02 Å². The highest BCUT2D eigenvalue weighted by Crippen LogP contribution is 2.38. The second kappa shape index (κ2) is 11.3. The molecule has 0 spiro atoms. The molecule has 1 aromatic rings. The van der Waals surface area contributed by atoms with Gasteiger partial charge in [0.1, 0.15) is 0 Å². The molecule has 30 heavy (non-hydrogen) atoms. The van der Waals surface area contributed by atoms with Crippen LogP contribution in [-0.4, -0.2) is 60.9 Å². The Morgan fingerprint density at radius 2 is 1.63 bits per heavy atom. The number of hydrogen-bond acceptors (Lipinski definition) is 4. The summed E-state index contributed by atoms with van der Waals surface area (Å²) in [5.74, 6) is 0.393. The van der Waals surface area contributed by atoms with E-state index in [4.69, 9.17) is 11.6 Å². The first kappa shape index (κ1) is 25.6. The van der Waals surface area contributed by atoms with Gasteiger partial charge in [-0.05, 0) is 49.9 Å². The summed E-state index contributed by atoms with van der Waals surface area (Å²) in [5.41, 5.74) is 0.747. The van der Waals surface area contributed by atoms with Gasteiger partial charge in [-0.2, -0.15) is 4.31 Å². The van der Waals surface area contributed by atoms with E-state index >= 15 is 0 Å². The van der Waals surface area contributed by atoms with Gasteiger partial charge in [0, 0.05) is 48.7 Å². The first-order valence-corrected chi connectivity index (χ1v) is 12.9. The van der Waals surface area contributed by atoms with E-state index in [1.54, 1.807) is 28.6 Å². The van der Waals surface area contributed by atoms with Gasteiger partial charge in [-0.1, -0.05) is 37.8 Å². The Morgan fingerprint density at radius 1 is 1.03 bits per heavy atom. The van der Waals surface area contributed by atoms with Crippen LogP contribution in [0.15, 0.2) is 24.3 Å². The first-order chi connectivity index (χ1) is 13.9. The molecule has 0 aromatic heterocycles. The summed E-state index contributed by atoms with van der Waals surface area (Å²) >= 11 is 5.94. The summed E-state index contributed by atoms with van der Waals surface area (Å²) < 4.78 is 26.5. The van der Waals surface area contributed by atoms with E-state index in [9.17, 15) is 13.2 Å². The molecule has 1 aliphatic carbocycles. The average molecular weight is 477 g/mol. The molecule has 0 bridgehead atoms. The largest absolute Gasteiger partial charge is 0.295 e. The van der Waals surface area contributed by atoms with Crippen molar-refractivity contribution < 1.29 is 13.2 Å². The Kier molecular flexibility index (Phi) is 9.62. The Labute approximate surface area is 192 Å². The molecule has 0 amide bonds. The van der Waals surface area contributed by atoms with Crippen LogP contribution in [0.4, 0.5) is 0 Å². The smallest absolute Gasteiger partial charge is 0.214 e. The maximum absolute atomic E-state index is 12.7. The summed E-state index contributed by atoms with van der Waals surface area (Å²) in [6.07, 6.45) is 7.83. The SMILES string of the molecule is CCCS(=O)(=O)N1CCN(C2(CCC(=O)c3ccc(Cl)cc3)CCCCC2)CC1.Cl. The Morgan fingerprint density at radius 3 is 2.20 bits per heavy atom. The molecular weight excluding hydrogens is 443 g/mol. The fraction of sp³-hybridized carbons (Fsp3) is 0.682.